The Bertz CT molecular complexity index is 670. The van der Waals surface area contributed by atoms with Crippen LogP contribution < -0.4 is 0 Å². The highest BCUT2D eigenvalue weighted by Crippen LogP contribution is 2.29. The summed E-state index contributed by atoms with van der Waals surface area (Å²) >= 11 is 0. The van der Waals surface area contributed by atoms with Crippen molar-refractivity contribution in [1.29, 1.82) is 0 Å². The number of hydrogen-bond donors (Lipinski definition) is 2. The van der Waals surface area contributed by atoms with Crippen LogP contribution in [0.1, 0.15) is 45.2 Å². The Morgan fingerprint density at radius 1 is 1.08 bits per heavy atom. The molecule has 2 N–H and O–H groups in total. The monoisotopic (exact) mass is 328 g/mol. The number of pyridine rings is 1. The molecule has 3 rings (SSSR count). The van der Waals surface area contributed by atoms with E-state index in [1.54, 1.807) is 0 Å². The summed E-state index contributed by atoms with van der Waals surface area (Å²) < 4.78 is 0. The molecule has 1 atom stereocenters. The molecule has 2 heterocycles. The van der Waals surface area contributed by atoms with E-state index in [0.29, 0.717) is 6.04 Å². The number of benzene rings is 1. The van der Waals surface area contributed by atoms with Gasteiger partial charge in [-0.15, -0.1) is 0 Å². The number of hydrogen-bond acceptors (Lipinski definition) is 4. The van der Waals surface area contributed by atoms with Crippen molar-refractivity contribution in [2.75, 3.05) is 13.6 Å². The van der Waals surface area contributed by atoms with Crippen LogP contribution >= 0.6 is 0 Å². The molecule has 1 aromatic carbocycles. The van der Waals surface area contributed by atoms with Crippen molar-refractivity contribution in [2.45, 2.75) is 18.9 Å². The van der Waals surface area contributed by atoms with E-state index < -0.39 is 11.9 Å². The zero-order chi connectivity index (χ0) is 17.5. The normalized spacial score (nSPS) is 17.0. The van der Waals surface area contributed by atoms with Gasteiger partial charge in [-0.05, 0) is 50.2 Å². The third-order valence-corrected chi connectivity index (χ3v) is 3.98. The minimum absolute atomic E-state index is 0.190. The topological polar surface area (TPSA) is 90.7 Å². The molecule has 0 unspecified atom stereocenters. The van der Waals surface area contributed by atoms with Crippen molar-refractivity contribution in [1.82, 2.24) is 9.88 Å². The average Bonchev–Trinajstić information content (AvgIpc) is 3.02. The van der Waals surface area contributed by atoms with E-state index in [-0.39, 0.29) is 11.1 Å². The van der Waals surface area contributed by atoms with Gasteiger partial charge < -0.3 is 10.2 Å². The summed E-state index contributed by atoms with van der Waals surface area (Å²) in [5.74, 6) is -2.46. The second-order valence-corrected chi connectivity index (χ2v) is 5.58. The maximum Gasteiger partial charge on any atom is 0.336 e. The Kier molecular flexibility index (Phi) is 6.03. The molecule has 0 bridgehead atoms. The summed E-state index contributed by atoms with van der Waals surface area (Å²) in [6, 6.07) is 10.3. The third-order valence-electron chi connectivity index (χ3n) is 3.98. The smallest absolute Gasteiger partial charge is 0.336 e. The van der Waals surface area contributed by atoms with E-state index in [0.717, 1.165) is 0 Å². The van der Waals surface area contributed by atoms with Crippen LogP contribution in [0, 0.1) is 0 Å². The Morgan fingerprint density at radius 2 is 1.71 bits per heavy atom. The Morgan fingerprint density at radius 3 is 2.12 bits per heavy atom. The van der Waals surface area contributed by atoms with Gasteiger partial charge >= 0.3 is 11.9 Å². The van der Waals surface area contributed by atoms with E-state index >= 15 is 0 Å². The van der Waals surface area contributed by atoms with Crippen molar-refractivity contribution in [2.24, 2.45) is 0 Å². The molecular formula is C18H20N2O4. The molecule has 0 aliphatic carbocycles. The van der Waals surface area contributed by atoms with Gasteiger partial charge in [0.15, 0.2) is 0 Å². The maximum absolute atomic E-state index is 10.5. The van der Waals surface area contributed by atoms with Gasteiger partial charge in [-0.3, -0.25) is 9.88 Å². The van der Waals surface area contributed by atoms with Gasteiger partial charge in [0.05, 0.1) is 11.1 Å². The summed E-state index contributed by atoms with van der Waals surface area (Å²) in [4.78, 5) is 27.5. The number of aromatic nitrogens is 1. The zero-order valence-electron chi connectivity index (χ0n) is 13.4. The van der Waals surface area contributed by atoms with Crippen LogP contribution in [0.4, 0.5) is 0 Å². The molecule has 1 saturated heterocycles. The lowest BCUT2D eigenvalue weighted by Gasteiger charge is -2.18. The minimum atomic E-state index is -1.23. The fourth-order valence-corrected chi connectivity index (χ4v) is 2.76. The van der Waals surface area contributed by atoms with Crippen molar-refractivity contribution < 1.29 is 19.8 Å². The lowest BCUT2D eigenvalue weighted by Crippen LogP contribution is -2.17. The number of carboxylic acid groups (broad SMARTS) is 2. The van der Waals surface area contributed by atoms with Gasteiger partial charge in [-0.2, -0.15) is 0 Å². The number of carboxylic acids is 2. The first-order valence-corrected chi connectivity index (χ1v) is 7.66. The standard InChI is InChI=1S/C10H14N2.C8H6O4/c1-12-7-3-5-10(12)9-4-2-6-11-8-9;9-7(10)5-3-1-2-4-6(5)8(11)12/h2,4,6,8,10H,3,5,7H2,1H3;1-4H,(H,9,10)(H,11,12)/t10-;/m0./s1. The molecule has 1 aliphatic rings. The van der Waals surface area contributed by atoms with Gasteiger partial charge in [0.1, 0.15) is 0 Å². The highest BCUT2D eigenvalue weighted by molar-refractivity contribution is 6.01. The van der Waals surface area contributed by atoms with Gasteiger partial charge in [0.2, 0.25) is 0 Å². The number of rotatable bonds is 3. The number of likely N-dealkylation sites (tertiary alicyclic amines) is 1. The molecule has 0 radical (unpaired) electrons. The molecule has 6 nitrogen and oxygen atoms in total. The number of carbonyl (C=O) groups is 2. The van der Waals surface area contributed by atoms with Crippen LogP contribution in [0.15, 0.2) is 48.8 Å². The van der Waals surface area contributed by atoms with Crippen molar-refractivity contribution in [3.8, 4) is 0 Å². The van der Waals surface area contributed by atoms with E-state index in [1.165, 1.54) is 49.2 Å². The van der Waals surface area contributed by atoms with Gasteiger partial charge in [-0.25, -0.2) is 9.59 Å². The molecule has 1 aromatic heterocycles. The number of aromatic carboxylic acids is 2. The van der Waals surface area contributed by atoms with Crippen LogP contribution in [-0.2, 0) is 0 Å². The van der Waals surface area contributed by atoms with Gasteiger partial charge in [-0.1, -0.05) is 18.2 Å². The first-order valence-electron chi connectivity index (χ1n) is 7.66. The van der Waals surface area contributed by atoms with Crippen molar-refractivity contribution in [3.63, 3.8) is 0 Å². The molecule has 24 heavy (non-hydrogen) atoms. The highest BCUT2D eigenvalue weighted by atomic mass is 16.4. The zero-order valence-corrected chi connectivity index (χ0v) is 13.4. The first kappa shape index (κ1) is 17.6. The summed E-state index contributed by atoms with van der Waals surface area (Å²) in [6.07, 6.45) is 6.41. The average molecular weight is 328 g/mol. The summed E-state index contributed by atoms with van der Waals surface area (Å²) in [7, 11) is 2.19. The predicted octanol–water partition coefficient (Wildman–Crippen LogP) is 2.93. The highest BCUT2D eigenvalue weighted by Gasteiger charge is 2.22. The van der Waals surface area contributed by atoms with Crippen LogP contribution in [0.25, 0.3) is 0 Å². The molecule has 6 heteroatoms. The van der Waals surface area contributed by atoms with Crippen LogP contribution in [-0.4, -0.2) is 45.6 Å². The summed E-state index contributed by atoms with van der Waals surface area (Å²) in [5, 5.41) is 17.1. The van der Waals surface area contributed by atoms with E-state index in [9.17, 15) is 9.59 Å². The molecule has 2 aromatic rings. The fourth-order valence-electron chi connectivity index (χ4n) is 2.76. The molecule has 0 amide bonds. The van der Waals surface area contributed by atoms with Crippen molar-refractivity contribution >= 4 is 11.9 Å². The van der Waals surface area contributed by atoms with E-state index in [2.05, 4.69) is 23.0 Å². The predicted molar refractivity (Wildman–Crippen MR) is 89.2 cm³/mol. The quantitative estimate of drug-likeness (QED) is 0.900. The molecule has 1 fully saturated rings. The van der Waals surface area contributed by atoms with Crippen LogP contribution in [0.3, 0.4) is 0 Å². The fraction of sp³-hybridized carbons (Fsp3) is 0.278. The molecule has 1 aliphatic heterocycles. The van der Waals surface area contributed by atoms with E-state index in [4.69, 9.17) is 10.2 Å². The molecule has 0 spiro atoms. The molecule has 126 valence electrons. The second kappa shape index (κ2) is 8.21. The Hall–Kier alpha value is -2.73. The Balaban J connectivity index is 0.000000174. The van der Waals surface area contributed by atoms with Gasteiger partial charge in [0.25, 0.3) is 0 Å². The SMILES string of the molecule is CN1CCC[C@H]1c1cccnc1.O=C(O)c1ccccc1C(=O)O. The Labute approximate surface area is 140 Å². The first-order chi connectivity index (χ1) is 11.5. The lowest BCUT2D eigenvalue weighted by atomic mass is 10.1. The molecule has 0 saturated carbocycles. The van der Waals surface area contributed by atoms with Crippen LogP contribution in [0.5, 0.6) is 0 Å². The summed E-state index contributed by atoms with van der Waals surface area (Å²) in [5.41, 5.74) is 0.979. The lowest BCUT2D eigenvalue weighted by molar-refractivity contribution is 0.0651. The summed E-state index contributed by atoms with van der Waals surface area (Å²) in [6.45, 7) is 1.22. The largest absolute Gasteiger partial charge is 0.478 e. The van der Waals surface area contributed by atoms with Gasteiger partial charge in [0, 0.05) is 18.4 Å². The second-order valence-electron chi connectivity index (χ2n) is 5.58. The maximum atomic E-state index is 10.5. The van der Waals surface area contributed by atoms with Crippen molar-refractivity contribution in [3.05, 3.63) is 65.5 Å². The van der Waals surface area contributed by atoms with E-state index in [1.807, 2.05) is 18.5 Å². The minimum Gasteiger partial charge on any atom is -0.478 e. The number of nitrogens with zero attached hydrogens (tertiary/aromatic N) is 2. The molecular weight excluding hydrogens is 308 g/mol. The third kappa shape index (κ3) is 4.39. The van der Waals surface area contributed by atoms with Crippen LogP contribution in [0.2, 0.25) is 0 Å².